The SMILES string of the molecule is Cc1cccc(CN(C)c2ncc(CN)s2)n1. The third kappa shape index (κ3) is 3.01. The lowest BCUT2D eigenvalue weighted by atomic mass is 10.3. The van der Waals surface area contributed by atoms with Gasteiger partial charge < -0.3 is 10.6 Å². The Morgan fingerprint density at radius 3 is 2.88 bits per heavy atom. The Morgan fingerprint density at radius 2 is 2.24 bits per heavy atom. The van der Waals surface area contributed by atoms with E-state index in [4.69, 9.17) is 5.73 Å². The summed E-state index contributed by atoms with van der Waals surface area (Å²) in [5, 5.41) is 0.980. The van der Waals surface area contributed by atoms with Gasteiger partial charge in [-0.3, -0.25) is 4.98 Å². The Kier molecular flexibility index (Phi) is 3.71. The summed E-state index contributed by atoms with van der Waals surface area (Å²) in [7, 11) is 2.02. The van der Waals surface area contributed by atoms with Crippen LogP contribution in [0.2, 0.25) is 0 Å². The average Bonchev–Trinajstić information content (AvgIpc) is 2.77. The average molecular weight is 248 g/mol. The minimum atomic E-state index is 0.550. The molecule has 2 aromatic rings. The van der Waals surface area contributed by atoms with Gasteiger partial charge in [0.05, 0.1) is 12.2 Å². The van der Waals surface area contributed by atoms with E-state index in [1.54, 1.807) is 11.3 Å². The monoisotopic (exact) mass is 248 g/mol. The van der Waals surface area contributed by atoms with Gasteiger partial charge in [0.1, 0.15) is 0 Å². The summed E-state index contributed by atoms with van der Waals surface area (Å²) in [4.78, 5) is 12.0. The molecule has 0 amide bonds. The van der Waals surface area contributed by atoms with Gasteiger partial charge in [0.2, 0.25) is 0 Å². The summed E-state index contributed by atoms with van der Waals surface area (Å²) in [5.41, 5.74) is 7.67. The molecule has 2 aromatic heterocycles. The molecule has 2 rings (SSSR count). The Hall–Kier alpha value is -1.46. The van der Waals surface area contributed by atoms with Crippen LogP contribution in [0.15, 0.2) is 24.4 Å². The molecule has 0 fully saturated rings. The van der Waals surface area contributed by atoms with Crippen molar-refractivity contribution in [2.45, 2.75) is 20.0 Å². The smallest absolute Gasteiger partial charge is 0.185 e. The summed E-state index contributed by atoms with van der Waals surface area (Å²) in [5.74, 6) is 0. The van der Waals surface area contributed by atoms with E-state index in [-0.39, 0.29) is 0 Å². The van der Waals surface area contributed by atoms with Crippen molar-refractivity contribution in [1.82, 2.24) is 9.97 Å². The van der Waals surface area contributed by atoms with Crippen molar-refractivity contribution in [3.8, 4) is 0 Å². The molecule has 0 spiro atoms. The van der Waals surface area contributed by atoms with Crippen LogP contribution in [-0.4, -0.2) is 17.0 Å². The number of thiazole rings is 1. The van der Waals surface area contributed by atoms with Crippen LogP contribution in [0.4, 0.5) is 5.13 Å². The van der Waals surface area contributed by atoms with Gasteiger partial charge in [-0.15, -0.1) is 11.3 Å². The standard InChI is InChI=1S/C12H16N4S/c1-9-4-3-5-10(15-9)8-16(2)12-14-7-11(6-13)17-12/h3-5,7H,6,8,13H2,1-2H3. The minimum absolute atomic E-state index is 0.550. The molecule has 4 nitrogen and oxygen atoms in total. The van der Waals surface area contributed by atoms with Crippen molar-refractivity contribution in [1.29, 1.82) is 0 Å². The third-order valence-corrected chi connectivity index (χ3v) is 3.55. The highest BCUT2D eigenvalue weighted by Crippen LogP contribution is 2.22. The molecule has 0 saturated carbocycles. The minimum Gasteiger partial charge on any atom is -0.345 e. The zero-order chi connectivity index (χ0) is 12.3. The predicted octanol–water partition coefficient (Wildman–Crippen LogP) is 1.94. The zero-order valence-electron chi connectivity index (χ0n) is 10.1. The molecule has 0 saturated heterocycles. The van der Waals surface area contributed by atoms with E-state index in [0.29, 0.717) is 6.54 Å². The molecule has 17 heavy (non-hydrogen) atoms. The van der Waals surface area contributed by atoms with E-state index in [1.807, 2.05) is 38.4 Å². The second kappa shape index (κ2) is 5.25. The molecule has 2 heterocycles. The number of aromatic nitrogens is 2. The summed E-state index contributed by atoms with van der Waals surface area (Å²) < 4.78 is 0. The highest BCUT2D eigenvalue weighted by atomic mass is 32.1. The molecule has 0 radical (unpaired) electrons. The largest absolute Gasteiger partial charge is 0.345 e. The van der Waals surface area contributed by atoms with Crippen molar-refractivity contribution in [2.24, 2.45) is 5.73 Å². The normalized spacial score (nSPS) is 10.5. The molecule has 0 unspecified atom stereocenters. The Labute approximate surface area is 105 Å². The summed E-state index contributed by atoms with van der Waals surface area (Å²) in [6.45, 7) is 3.31. The molecule has 2 N–H and O–H groups in total. The molecule has 0 bridgehead atoms. The quantitative estimate of drug-likeness (QED) is 0.898. The first-order chi connectivity index (χ1) is 8.19. The van der Waals surface area contributed by atoms with E-state index in [2.05, 4.69) is 14.9 Å². The zero-order valence-corrected chi connectivity index (χ0v) is 10.9. The van der Waals surface area contributed by atoms with Crippen molar-refractivity contribution in [2.75, 3.05) is 11.9 Å². The number of pyridine rings is 1. The van der Waals surface area contributed by atoms with Crippen molar-refractivity contribution in [3.05, 3.63) is 40.7 Å². The number of nitrogens with zero attached hydrogens (tertiary/aromatic N) is 3. The van der Waals surface area contributed by atoms with E-state index in [0.717, 1.165) is 27.9 Å². The maximum Gasteiger partial charge on any atom is 0.185 e. The maximum absolute atomic E-state index is 5.58. The predicted molar refractivity (Wildman–Crippen MR) is 71.1 cm³/mol. The van der Waals surface area contributed by atoms with Crippen LogP contribution in [0.25, 0.3) is 0 Å². The molecule has 0 aromatic carbocycles. The number of nitrogens with two attached hydrogens (primary N) is 1. The highest BCUT2D eigenvalue weighted by molar-refractivity contribution is 7.15. The fourth-order valence-corrected chi connectivity index (χ4v) is 2.32. The molecular weight excluding hydrogens is 232 g/mol. The van der Waals surface area contributed by atoms with Crippen molar-refractivity contribution < 1.29 is 0 Å². The lowest BCUT2D eigenvalue weighted by molar-refractivity contribution is 0.871. The summed E-state index contributed by atoms with van der Waals surface area (Å²) in [6.07, 6.45) is 1.83. The molecular formula is C12H16N4S. The number of hydrogen-bond acceptors (Lipinski definition) is 5. The number of aryl methyl sites for hydroxylation is 1. The van der Waals surface area contributed by atoms with E-state index in [1.165, 1.54) is 0 Å². The molecule has 5 heteroatoms. The van der Waals surface area contributed by atoms with Crippen LogP contribution in [0.5, 0.6) is 0 Å². The fraction of sp³-hybridized carbons (Fsp3) is 0.333. The van der Waals surface area contributed by atoms with Gasteiger partial charge in [0.25, 0.3) is 0 Å². The van der Waals surface area contributed by atoms with Gasteiger partial charge in [-0.05, 0) is 19.1 Å². The van der Waals surface area contributed by atoms with Crippen molar-refractivity contribution >= 4 is 16.5 Å². The fourth-order valence-electron chi connectivity index (χ4n) is 1.57. The third-order valence-electron chi connectivity index (χ3n) is 2.41. The first-order valence-electron chi connectivity index (χ1n) is 5.47. The van der Waals surface area contributed by atoms with E-state index in [9.17, 15) is 0 Å². The molecule has 0 aliphatic rings. The van der Waals surface area contributed by atoms with Crippen molar-refractivity contribution in [3.63, 3.8) is 0 Å². The van der Waals surface area contributed by atoms with Crippen LogP contribution in [-0.2, 0) is 13.1 Å². The second-order valence-corrected chi connectivity index (χ2v) is 5.03. The van der Waals surface area contributed by atoms with Crippen LogP contribution < -0.4 is 10.6 Å². The number of anilines is 1. The van der Waals surface area contributed by atoms with Crippen LogP contribution in [0.1, 0.15) is 16.3 Å². The topological polar surface area (TPSA) is 55.0 Å². The van der Waals surface area contributed by atoms with Gasteiger partial charge in [-0.2, -0.15) is 0 Å². The Bertz CT molecular complexity index is 495. The molecule has 0 aliphatic heterocycles. The second-order valence-electron chi connectivity index (χ2n) is 3.94. The van der Waals surface area contributed by atoms with E-state index >= 15 is 0 Å². The Morgan fingerprint density at radius 1 is 1.41 bits per heavy atom. The molecule has 0 aliphatic carbocycles. The molecule has 0 atom stereocenters. The van der Waals surface area contributed by atoms with Crippen LogP contribution in [0.3, 0.4) is 0 Å². The van der Waals surface area contributed by atoms with E-state index < -0.39 is 0 Å². The molecule has 90 valence electrons. The van der Waals surface area contributed by atoms with Crippen LogP contribution >= 0.6 is 11.3 Å². The lowest BCUT2D eigenvalue weighted by Gasteiger charge is -2.15. The van der Waals surface area contributed by atoms with Gasteiger partial charge >= 0.3 is 0 Å². The maximum atomic E-state index is 5.58. The first kappa shape index (κ1) is 12.0. The van der Waals surface area contributed by atoms with Gasteiger partial charge in [0, 0.05) is 30.4 Å². The summed E-state index contributed by atoms with van der Waals surface area (Å²) in [6, 6.07) is 6.05. The Balaban J connectivity index is 2.08. The van der Waals surface area contributed by atoms with Crippen LogP contribution in [0, 0.1) is 6.92 Å². The lowest BCUT2D eigenvalue weighted by Crippen LogP contribution is -2.17. The number of hydrogen-bond donors (Lipinski definition) is 1. The highest BCUT2D eigenvalue weighted by Gasteiger charge is 2.07. The first-order valence-corrected chi connectivity index (χ1v) is 6.29. The summed E-state index contributed by atoms with van der Waals surface area (Å²) >= 11 is 1.63. The van der Waals surface area contributed by atoms with Gasteiger partial charge in [-0.1, -0.05) is 6.07 Å². The number of rotatable bonds is 4. The van der Waals surface area contributed by atoms with Gasteiger partial charge in [-0.25, -0.2) is 4.98 Å². The van der Waals surface area contributed by atoms with Gasteiger partial charge in [0.15, 0.2) is 5.13 Å².